The first kappa shape index (κ1) is 3.67. The Morgan fingerprint density at radius 2 is 2.62 bits per heavy atom. The van der Waals surface area contributed by atoms with E-state index < -0.39 is 0 Å². The summed E-state index contributed by atoms with van der Waals surface area (Å²) in [6.07, 6.45) is 7.79. The number of fused-ring (bicyclic) bond motifs is 1. The summed E-state index contributed by atoms with van der Waals surface area (Å²) in [5.41, 5.74) is 0.296. The van der Waals surface area contributed by atoms with Crippen LogP contribution in [0.25, 0.3) is 0 Å². The van der Waals surface area contributed by atoms with Gasteiger partial charge in [-0.2, -0.15) is 0 Å². The van der Waals surface area contributed by atoms with E-state index in [0.29, 0.717) is 11.7 Å². The van der Waals surface area contributed by atoms with Gasteiger partial charge in [-0.05, 0) is 18.8 Å². The minimum atomic E-state index is 0.296. The molecule has 1 spiro atoms. The molecule has 1 heteroatoms. The second-order valence-electron chi connectivity index (χ2n) is 3.12. The minimum absolute atomic E-state index is 0.296. The van der Waals surface area contributed by atoms with Gasteiger partial charge in [0.2, 0.25) is 0 Å². The van der Waals surface area contributed by atoms with Crippen LogP contribution in [0, 0.1) is 5.92 Å². The van der Waals surface area contributed by atoms with Gasteiger partial charge in [-0.25, -0.2) is 0 Å². The molecule has 3 rings (SSSR count). The van der Waals surface area contributed by atoms with Crippen molar-refractivity contribution < 1.29 is 4.74 Å². The second-order valence-corrected chi connectivity index (χ2v) is 3.12. The molecule has 1 saturated heterocycles. The molecule has 0 aromatic carbocycles. The molecule has 1 aliphatic heterocycles. The summed E-state index contributed by atoms with van der Waals surface area (Å²) < 4.78 is 5.44. The normalized spacial score (nSPS) is 64.0. The zero-order valence-electron chi connectivity index (χ0n) is 4.63. The number of ether oxygens (including phenoxy) is 1. The fourth-order valence-corrected chi connectivity index (χ4v) is 2.09. The maximum atomic E-state index is 5.44. The standard InChI is InChI=1S/C7H8O/c1-2-7-4-5(1)3-6(7)8-7/h1-2,5-6H,3-4H2. The molecule has 8 heavy (non-hydrogen) atoms. The first-order valence-corrected chi connectivity index (χ1v) is 3.26. The summed E-state index contributed by atoms with van der Waals surface area (Å²) in [5, 5.41) is 0. The van der Waals surface area contributed by atoms with Gasteiger partial charge in [0.25, 0.3) is 0 Å². The third-order valence-corrected chi connectivity index (χ3v) is 2.60. The van der Waals surface area contributed by atoms with Gasteiger partial charge in [0.05, 0.1) is 6.10 Å². The molecule has 0 amide bonds. The van der Waals surface area contributed by atoms with Crippen molar-refractivity contribution in [2.24, 2.45) is 5.92 Å². The van der Waals surface area contributed by atoms with E-state index in [9.17, 15) is 0 Å². The zero-order valence-corrected chi connectivity index (χ0v) is 4.63. The van der Waals surface area contributed by atoms with Gasteiger partial charge in [-0.15, -0.1) is 0 Å². The predicted molar refractivity (Wildman–Crippen MR) is 29.5 cm³/mol. The van der Waals surface area contributed by atoms with Crippen molar-refractivity contribution in [2.45, 2.75) is 24.5 Å². The van der Waals surface area contributed by atoms with E-state index in [1.54, 1.807) is 0 Å². The Morgan fingerprint density at radius 1 is 1.62 bits per heavy atom. The smallest absolute Gasteiger partial charge is 0.113 e. The lowest BCUT2D eigenvalue weighted by molar-refractivity contribution is 0.274. The van der Waals surface area contributed by atoms with Crippen LogP contribution in [0.5, 0.6) is 0 Å². The SMILES string of the molecule is C1=CC23CC1CC2O3. The monoisotopic (exact) mass is 108 g/mol. The van der Waals surface area contributed by atoms with E-state index in [4.69, 9.17) is 4.74 Å². The Balaban J connectivity index is 2.19. The molecule has 0 radical (unpaired) electrons. The average Bonchev–Trinajstić information content (AvgIpc) is 2.13. The molecule has 1 saturated carbocycles. The molecule has 42 valence electrons. The van der Waals surface area contributed by atoms with Crippen molar-refractivity contribution in [1.29, 1.82) is 0 Å². The van der Waals surface area contributed by atoms with Crippen LogP contribution in [0.3, 0.4) is 0 Å². The molecule has 2 fully saturated rings. The topological polar surface area (TPSA) is 12.5 Å². The highest BCUT2D eigenvalue weighted by atomic mass is 16.6. The van der Waals surface area contributed by atoms with Crippen molar-refractivity contribution in [3.05, 3.63) is 12.2 Å². The van der Waals surface area contributed by atoms with Gasteiger partial charge in [-0.3, -0.25) is 0 Å². The Morgan fingerprint density at radius 3 is 3.00 bits per heavy atom. The first-order valence-electron chi connectivity index (χ1n) is 3.26. The molecular weight excluding hydrogens is 100 g/mol. The van der Waals surface area contributed by atoms with E-state index in [1.807, 2.05) is 0 Å². The van der Waals surface area contributed by atoms with Gasteiger partial charge < -0.3 is 4.74 Å². The third kappa shape index (κ3) is 0.224. The van der Waals surface area contributed by atoms with Crippen LogP contribution in [-0.4, -0.2) is 11.7 Å². The summed E-state index contributed by atoms with van der Waals surface area (Å²) in [6, 6.07) is 0. The lowest BCUT2D eigenvalue weighted by atomic mass is 10.1. The largest absolute Gasteiger partial charge is 0.362 e. The molecule has 3 aliphatic rings. The summed E-state index contributed by atoms with van der Waals surface area (Å²) in [6.45, 7) is 0. The summed E-state index contributed by atoms with van der Waals surface area (Å²) >= 11 is 0. The number of hydrogen-bond acceptors (Lipinski definition) is 1. The van der Waals surface area contributed by atoms with Crippen molar-refractivity contribution in [3.63, 3.8) is 0 Å². The Labute approximate surface area is 48.3 Å². The van der Waals surface area contributed by atoms with Crippen molar-refractivity contribution in [1.82, 2.24) is 0 Å². The quantitative estimate of drug-likeness (QED) is 0.334. The average molecular weight is 108 g/mol. The fourth-order valence-electron chi connectivity index (χ4n) is 2.09. The van der Waals surface area contributed by atoms with Gasteiger partial charge in [0.1, 0.15) is 5.60 Å². The summed E-state index contributed by atoms with van der Waals surface area (Å²) in [7, 11) is 0. The van der Waals surface area contributed by atoms with Crippen LogP contribution in [0.15, 0.2) is 12.2 Å². The van der Waals surface area contributed by atoms with E-state index in [-0.39, 0.29) is 0 Å². The van der Waals surface area contributed by atoms with Crippen molar-refractivity contribution in [2.75, 3.05) is 0 Å². The van der Waals surface area contributed by atoms with E-state index in [2.05, 4.69) is 12.2 Å². The van der Waals surface area contributed by atoms with Crippen LogP contribution < -0.4 is 0 Å². The van der Waals surface area contributed by atoms with Gasteiger partial charge in [-0.1, -0.05) is 12.2 Å². The number of rotatable bonds is 0. The lowest BCUT2D eigenvalue weighted by Gasteiger charge is -1.97. The fraction of sp³-hybridized carbons (Fsp3) is 0.714. The Hall–Kier alpha value is -0.300. The molecule has 3 unspecified atom stereocenters. The Kier molecular flexibility index (Phi) is 0.358. The highest BCUT2D eigenvalue weighted by molar-refractivity contribution is 5.29. The zero-order chi connectivity index (χ0) is 5.19. The van der Waals surface area contributed by atoms with Crippen molar-refractivity contribution in [3.8, 4) is 0 Å². The molecule has 3 atom stereocenters. The maximum Gasteiger partial charge on any atom is 0.113 e. The van der Waals surface area contributed by atoms with E-state index >= 15 is 0 Å². The third-order valence-electron chi connectivity index (χ3n) is 2.60. The highest BCUT2D eigenvalue weighted by Crippen LogP contribution is 2.57. The van der Waals surface area contributed by atoms with Gasteiger partial charge in [0.15, 0.2) is 0 Å². The van der Waals surface area contributed by atoms with E-state index in [1.165, 1.54) is 12.8 Å². The number of hydrogen-bond donors (Lipinski definition) is 0. The summed E-state index contributed by atoms with van der Waals surface area (Å²) in [5.74, 6) is 0.883. The molecule has 0 N–H and O–H groups in total. The number of allylic oxidation sites excluding steroid dienone is 1. The van der Waals surface area contributed by atoms with E-state index in [0.717, 1.165) is 5.92 Å². The summed E-state index contributed by atoms with van der Waals surface area (Å²) in [4.78, 5) is 0. The molecule has 2 aliphatic carbocycles. The molecule has 2 bridgehead atoms. The van der Waals surface area contributed by atoms with Crippen LogP contribution in [0.4, 0.5) is 0 Å². The highest BCUT2D eigenvalue weighted by Gasteiger charge is 2.63. The van der Waals surface area contributed by atoms with Crippen LogP contribution >= 0.6 is 0 Å². The van der Waals surface area contributed by atoms with Crippen molar-refractivity contribution >= 4 is 0 Å². The molecule has 1 heterocycles. The first-order chi connectivity index (χ1) is 3.89. The molecule has 0 aromatic rings. The second kappa shape index (κ2) is 0.781. The lowest BCUT2D eigenvalue weighted by Crippen LogP contribution is -2.00. The van der Waals surface area contributed by atoms with Gasteiger partial charge in [0, 0.05) is 0 Å². The number of epoxide rings is 1. The maximum absolute atomic E-state index is 5.44. The van der Waals surface area contributed by atoms with Gasteiger partial charge >= 0.3 is 0 Å². The predicted octanol–water partition coefficient (Wildman–Crippen LogP) is 1.10. The molecule has 0 aromatic heterocycles. The Bertz CT molecular complexity index is 173. The molecular formula is C7H8O. The minimum Gasteiger partial charge on any atom is -0.362 e. The van der Waals surface area contributed by atoms with Crippen LogP contribution in [0.2, 0.25) is 0 Å². The van der Waals surface area contributed by atoms with Crippen LogP contribution in [-0.2, 0) is 4.74 Å². The molecule has 1 nitrogen and oxygen atoms in total. The van der Waals surface area contributed by atoms with Crippen LogP contribution in [0.1, 0.15) is 12.8 Å².